The average Bonchev–Trinajstić information content (AvgIpc) is 2.86. The van der Waals surface area contributed by atoms with Gasteiger partial charge in [-0.3, -0.25) is 4.79 Å². The van der Waals surface area contributed by atoms with Crippen LogP contribution in [-0.2, 0) is 17.6 Å². The summed E-state index contributed by atoms with van der Waals surface area (Å²) in [4.78, 5) is 12.3. The van der Waals surface area contributed by atoms with E-state index in [1.165, 1.54) is 11.1 Å². The van der Waals surface area contributed by atoms with Crippen LogP contribution in [0.15, 0.2) is 24.3 Å². The van der Waals surface area contributed by atoms with Crippen molar-refractivity contribution in [3.8, 4) is 0 Å². The van der Waals surface area contributed by atoms with E-state index in [1.54, 1.807) is 0 Å². The number of rotatable bonds is 6. The first-order chi connectivity index (χ1) is 9.52. The molecule has 0 spiro atoms. The maximum absolute atomic E-state index is 12.3. The molecule has 1 N–H and O–H groups in total. The van der Waals surface area contributed by atoms with E-state index in [9.17, 15) is 4.79 Å². The highest BCUT2D eigenvalue weighted by atomic mass is 35.5. The highest BCUT2D eigenvalue weighted by molar-refractivity contribution is 6.17. The number of hydrogen-bond donors (Lipinski definition) is 1. The number of hydrogen-bond acceptors (Lipinski definition) is 1. The van der Waals surface area contributed by atoms with Crippen LogP contribution in [0.5, 0.6) is 0 Å². The van der Waals surface area contributed by atoms with Gasteiger partial charge < -0.3 is 5.32 Å². The Kier molecular flexibility index (Phi) is 5.09. The van der Waals surface area contributed by atoms with Crippen molar-refractivity contribution in [1.29, 1.82) is 0 Å². The summed E-state index contributed by atoms with van der Waals surface area (Å²) in [6.07, 6.45) is 3.80. The van der Waals surface area contributed by atoms with Crippen LogP contribution in [0.3, 0.4) is 0 Å². The number of alkyl halides is 1. The number of nitrogens with one attached hydrogen (secondary N) is 1. The molecule has 1 aliphatic rings. The Morgan fingerprint density at radius 1 is 1.30 bits per heavy atom. The van der Waals surface area contributed by atoms with Crippen molar-refractivity contribution in [3.05, 3.63) is 35.4 Å². The molecule has 0 unspecified atom stereocenters. The number of carbonyl (C=O) groups excluding carboxylic acids is 1. The Balaban J connectivity index is 1.82. The average molecular weight is 294 g/mol. The first-order valence-electron chi connectivity index (χ1n) is 7.42. The molecular weight excluding hydrogens is 270 g/mol. The lowest BCUT2D eigenvalue weighted by molar-refractivity contribution is -0.125. The zero-order valence-corrected chi connectivity index (χ0v) is 13.2. The molecule has 0 saturated carbocycles. The van der Waals surface area contributed by atoms with Gasteiger partial charge in [-0.05, 0) is 42.2 Å². The summed E-state index contributed by atoms with van der Waals surface area (Å²) < 4.78 is 0. The predicted molar refractivity (Wildman–Crippen MR) is 84.1 cm³/mol. The molecule has 1 aromatic rings. The van der Waals surface area contributed by atoms with Gasteiger partial charge >= 0.3 is 0 Å². The molecule has 0 fully saturated rings. The normalized spacial score (nSPS) is 15.2. The fourth-order valence-electron chi connectivity index (χ4n) is 2.85. The second kappa shape index (κ2) is 6.62. The van der Waals surface area contributed by atoms with Crippen LogP contribution < -0.4 is 5.32 Å². The van der Waals surface area contributed by atoms with Crippen molar-refractivity contribution in [2.24, 2.45) is 11.3 Å². The minimum Gasteiger partial charge on any atom is -0.355 e. The Bertz CT molecular complexity index is 445. The molecule has 0 radical (unpaired) electrons. The number of carbonyl (C=O) groups is 1. The maximum Gasteiger partial charge on any atom is 0.223 e. The van der Waals surface area contributed by atoms with E-state index in [4.69, 9.17) is 11.6 Å². The van der Waals surface area contributed by atoms with Gasteiger partial charge in [-0.2, -0.15) is 0 Å². The zero-order valence-electron chi connectivity index (χ0n) is 12.4. The first-order valence-corrected chi connectivity index (χ1v) is 7.96. The third-order valence-electron chi connectivity index (χ3n) is 4.15. The van der Waals surface area contributed by atoms with E-state index in [1.807, 2.05) is 12.1 Å². The molecule has 1 aromatic carbocycles. The largest absolute Gasteiger partial charge is 0.355 e. The van der Waals surface area contributed by atoms with Gasteiger partial charge in [-0.1, -0.05) is 38.1 Å². The van der Waals surface area contributed by atoms with Crippen LogP contribution in [-0.4, -0.2) is 18.3 Å². The lowest BCUT2D eigenvalue weighted by Crippen LogP contribution is -2.38. The van der Waals surface area contributed by atoms with Crippen molar-refractivity contribution in [3.63, 3.8) is 0 Å². The molecule has 1 aliphatic carbocycles. The maximum atomic E-state index is 12.3. The van der Waals surface area contributed by atoms with Crippen LogP contribution in [0.1, 0.15) is 37.8 Å². The van der Waals surface area contributed by atoms with Gasteiger partial charge in [-0.25, -0.2) is 0 Å². The molecular formula is C17H24ClNO. The molecule has 0 heterocycles. The monoisotopic (exact) mass is 293 g/mol. The molecule has 0 atom stereocenters. The predicted octanol–water partition coefficient (Wildman–Crippen LogP) is 3.56. The Morgan fingerprint density at radius 2 is 1.90 bits per heavy atom. The summed E-state index contributed by atoms with van der Waals surface area (Å²) in [5.41, 5.74) is 2.78. The van der Waals surface area contributed by atoms with E-state index in [0.29, 0.717) is 5.88 Å². The van der Waals surface area contributed by atoms with Crippen molar-refractivity contribution in [1.82, 2.24) is 5.32 Å². The SMILES string of the molecule is CC(C)(CCCCl)CNC(=O)C1Cc2ccccc2C1. The van der Waals surface area contributed by atoms with Gasteiger partial charge in [0.25, 0.3) is 0 Å². The fraction of sp³-hybridized carbons (Fsp3) is 0.588. The third-order valence-corrected chi connectivity index (χ3v) is 4.42. The first kappa shape index (κ1) is 15.4. The standard InChI is InChI=1S/C17H24ClNO/c1-17(2,8-5-9-18)12-19-16(20)15-10-13-6-3-4-7-14(13)11-15/h3-4,6-7,15H,5,8-12H2,1-2H3,(H,19,20). The second-order valence-corrected chi connectivity index (χ2v) is 6.93. The summed E-state index contributed by atoms with van der Waals surface area (Å²) in [6.45, 7) is 5.10. The van der Waals surface area contributed by atoms with E-state index in [2.05, 4.69) is 31.3 Å². The zero-order chi connectivity index (χ0) is 14.6. The van der Waals surface area contributed by atoms with Crippen molar-refractivity contribution in [2.75, 3.05) is 12.4 Å². The summed E-state index contributed by atoms with van der Waals surface area (Å²) >= 11 is 5.74. The van der Waals surface area contributed by atoms with Gasteiger partial charge in [0, 0.05) is 18.3 Å². The van der Waals surface area contributed by atoms with E-state index in [0.717, 1.165) is 32.2 Å². The van der Waals surface area contributed by atoms with Crippen molar-refractivity contribution in [2.45, 2.75) is 39.5 Å². The highest BCUT2D eigenvalue weighted by Gasteiger charge is 2.28. The van der Waals surface area contributed by atoms with Gasteiger partial charge in [0.1, 0.15) is 0 Å². The van der Waals surface area contributed by atoms with E-state index < -0.39 is 0 Å². The third kappa shape index (κ3) is 3.99. The molecule has 0 saturated heterocycles. The number of amides is 1. The van der Waals surface area contributed by atoms with Gasteiger partial charge in [0.15, 0.2) is 0 Å². The summed E-state index contributed by atoms with van der Waals surface area (Å²) in [7, 11) is 0. The minimum atomic E-state index is 0.108. The lowest BCUT2D eigenvalue weighted by Gasteiger charge is -2.25. The number of fused-ring (bicyclic) bond motifs is 1. The Labute approximate surface area is 126 Å². The summed E-state index contributed by atoms with van der Waals surface area (Å²) in [5.74, 6) is 0.992. The molecule has 0 bridgehead atoms. The molecule has 2 rings (SSSR count). The molecule has 0 aliphatic heterocycles. The molecule has 1 amide bonds. The van der Waals surface area contributed by atoms with Crippen molar-refractivity contribution >= 4 is 17.5 Å². The fourth-order valence-corrected chi connectivity index (χ4v) is 2.98. The van der Waals surface area contributed by atoms with E-state index >= 15 is 0 Å². The topological polar surface area (TPSA) is 29.1 Å². The quantitative estimate of drug-likeness (QED) is 0.798. The summed E-state index contributed by atoms with van der Waals surface area (Å²) in [5, 5.41) is 3.13. The number of halogens is 1. The van der Waals surface area contributed by atoms with Crippen LogP contribution >= 0.6 is 11.6 Å². The van der Waals surface area contributed by atoms with Crippen molar-refractivity contribution < 1.29 is 4.79 Å². The molecule has 2 nitrogen and oxygen atoms in total. The minimum absolute atomic E-state index is 0.108. The molecule has 3 heteroatoms. The van der Waals surface area contributed by atoms with Gasteiger partial charge in [0.2, 0.25) is 5.91 Å². The summed E-state index contributed by atoms with van der Waals surface area (Å²) in [6, 6.07) is 8.36. The molecule has 110 valence electrons. The Hall–Kier alpha value is -1.02. The van der Waals surface area contributed by atoms with Crippen LogP contribution in [0, 0.1) is 11.3 Å². The lowest BCUT2D eigenvalue weighted by atomic mass is 9.88. The Morgan fingerprint density at radius 3 is 2.45 bits per heavy atom. The van der Waals surface area contributed by atoms with Crippen LogP contribution in [0.2, 0.25) is 0 Å². The van der Waals surface area contributed by atoms with Gasteiger partial charge in [-0.15, -0.1) is 11.6 Å². The van der Waals surface area contributed by atoms with Crippen LogP contribution in [0.4, 0.5) is 0 Å². The molecule has 0 aromatic heterocycles. The smallest absolute Gasteiger partial charge is 0.223 e. The van der Waals surface area contributed by atoms with Gasteiger partial charge in [0.05, 0.1) is 0 Å². The second-order valence-electron chi connectivity index (χ2n) is 6.55. The van der Waals surface area contributed by atoms with E-state index in [-0.39, 0.29) is 17.2 Å². The van der Waals surface area contributed by atoms with Crippen LogP contribution in [0.25, 0.3) is 0 Å². The highest BCUT2D eigenvalue weighted by Crippen LogP contribution is 2.27. The molecule has 20 heavy (non-hydrogen) atoms. The number of benzene rings is 1.